The van der Waals surface area contributed by atoms with Crippen LogP contribution in [0.25, 0.3) is 0 Å². The maximum Gasteiger partial charge on any atom is 0.317 e. The van der Waals surface area contributed by atoms with E-state index >= 15 is 0 Å². The molecule has 0 aliphatic heterocycles. The van der Waals surface area contributed by atoms with Crippen LogP contribution >= 0.6 is 0 Å². The van der Waals surface area contributed by atoms with E-state index in [1.165, 1.54) is 51.4 Å². The second-order valence-corrected chi connectivity index (χ2v) is 5.55. The van der Waals surface area contributed by atoms with E-state index in [4.69, 9.17) is 10.2 Å². The van der Waals surface area contributed by atoms with E-state index in [1.54, 1.807) is 0 Å². The fourth-order valence-corrected chi connectivity index (χ4v) is 2.37. The number of carboxylic acids is 2. The smallest absolute Gasteiger partial charge is 0.317 e. The molecular formula is C16H30O4. The van der Waals surface area contributed by atoms with Gasteiger partial charge in [-0.1, -0.05) is 77.6 Å². The zero-order valence-electron chi connectivity index (χ0n) is 12.8. The minimum absolute atomic E-state index is 0.252. The lowest BCUT2D eigenvalue weighted by molar-refractivity contribution is -0.154. The summed E-state index contributed by atoms with van der Waals surface area (Å²) in [5.41, 5.74) is 0. The molecule has 0 radical (unpaired) electrons. The zero-order valence-corrected chi connectivity index (χ0v) is 12.8. The van der Waals surface area contributed by atoms with Gasteiger partial charge >= 0.3 is 11.9 Å². The number of rotatable bonds is 14. The van der Waals surface area contributed by atoms with Crippen LogP contribution in [0.2, 0.25) is 0 Å². The highest BCUT2D eigenvalue weighted by Gasteiger charge is 2.24. The van der Waals surface area contributed by atoms with Gasteiger partial charge in [-0.05, 0) is 6.42 Å². The highest BCUT2D eigenvalue weighted by Crippen LogP contribution is 2.14. The second-order valence-electron chi connectivity index (χ2n) is 5.55. The molecule has 0 aromatic rings. The number of hydrogen-bond donors (Lipinski definition) is 2. The second kappa shape index (κ2) is 12.9. The standard InChI is InChI=1S/C16H30O4/c1-2-3-4-5-6-7-8-9-10-11-12-13-14(15(17)18)16(19)20/h14H,2-13H2,1H3,(H,17,18)(H,19,20). The van der Waals surface area contributed by atoms with Crippen molar-refractivity contribution in [3.05, 3.63) is 0 Å². The molecule has 4 heteroatoms. The van der Waals surface area contributed by atoms with E-state index in [-0.39, 0.29) is 6.42 Å². The first kappa shape index (κ1) is 18.9. The van der Waals surface area contributed by atoms with E-state index < -0.39 is 17.9 Å². The lowest BCUT2D eigenvalue weighted by Crippen LogP contribution is -2.23. The first-order chi connectivity index (χ1) is 9.59. The minimum Gasteiger partial charge on any atom is -0.481 e. The van der Waals surface area contributed by atoms with E-state index in [2.05, 4.69) is 6.92 Å². The molecule has 0 saturated carbocycles. The van der Waals surface area contributed by atoms with Gasteiger partial charge in [0.2, 0.25) is 0 Å². The summed E-state index contributed by atoms with van der Waals surface area (Å²) >= 11 is 0. The normalized spacial score (nSPS) is 10.9. The molecular weight excluding hydrogens is 256 g/mol. The maximum atomic E-state index is 10.7. The molecule has 2 N–H and O–H groups in total. The van der Waals surface area contributed by atoms with Gasteiger partial charge in [0.1, 0.15) is 0 Å². The molecule has 0 bridgehead atoms. The van der Waals surface area contributed by atoms with Gasteiger partial charge < -0.3 is 10.2 Å². The Hall–Kier alpha value is -1.06. The zero-order chi connectivity index (χ0) is 15.2. The van der Waals surface area contributed by atoms with Crippen LogP contribution in [0.1, 0.15) is 84.0 Å². The van der Waals surface area contributed by atoms with Crippen molar-refractivity contribution in [3.63, 3.8) is 0 Å². The molecule has 0 rings (SSSR count). The number of hydrogen-bond acceptors (Lipinski definition) is 2. The highest BCUT2D eigenvalue weighted by molar-refractivity contribution is 5.92. The summed E-state index contributed by atoms with van der Waals surface area (Å²) < 4.78 is 0. The average Bonchev–Trinajstić information content (AvgIpc) is 2.39. The molecule has 118 valence electrons. The average molecular weight is 286 g/mol. The Labute approximate surface area is 122 Å². The molecule has 0 aliphatic rings. The van der Waals surface area contributed by atoms with E-state index in [0.717, 1.165) is 12.8 Å². The molecule has 0 unspecified atom stereocenters. The lowest BCUT2D eigenvalue weighted by Gasteiger charge is -2.06. The molecule has 0 amide bonds. The largest absolute Gasteiger partial charge is 0.481 e. The van der Waals surface area contributed by atoms with Crippen molar-refractivity contribution in [2.24, 2.45) is 5.92 Å². The third kappa shape index (κ3) is 10.8. The Morgan fingerprint density at radius 3 is 1.40 bits per heavy atom. The van der Waals surface area contributed by atoms with Gasteiger partial charge in [0, 0.05) is 0 Å². The molecule has 0 saturated heterocycles. The van der Waals surface area contributed by atoms with Gasteiger partial charge in [-0.25, -0.2) is 0 Å². The fourth-order valence-electron chi connectivity index (χ4n) is 2.37. The van der Waals surface area contributed by atoms with Crippen LogP contribution < -0.4 is 0 Å². The van der Waals surface area contributed by atoms with Gasteiger partial charge in [-0.3, -0.25) is 9.59 Å². The van der Waals surface area contributed by atoms with Gasteiger partial charge in [0.15, 0.2) is 5.92 Å². The number of carbonyl (C=O) groups is 2. The lowest BCUT2D eigenvalue weighted by atomic mass is 10.00. The Bertz CT molecular complexity index is 249. The van der Waals surface area contributed by atoms with Crippen molar-refractivity contribution >= 4 is 11.9 Å². The van der Waals surface area contributed by atoms with E-state index in [1.807, 2.05) is 0 Å². The number of carboxylic acid groups (broad SMARTS) is 2. The molecule has 4 nitrogen and oxygen atoms in total. The Kier molecular flexibility index (Phi) is 12.3. The molecule has 0 aliphatic carbocycles. The maximum absolute atomic E-state index is 10.7. The Morgan fingerprint density at radius 2 is 1.05 bits per heavy atom. The fraction of sp³-hybridized carbons (Fsp3) is 0.875. The number of unbranched alkanes of at least 4 members (excludes halogenated alkanes) is 10. The first-order valence-corrected chi connectivity index (χ1v) is 8.05. The molecule has 0 fully saturated rings. The summed E-state index contributed by atoms with van der Waals surface area (Å²) in [6.45, 7) is 2.22. The summed E-state index contributed by atoms with van der Waals surface area (Å²) in [5, 5.41) is 17.4. The van der Waals surface area contributed by atoms with Crippen molar-refractivity contribution in [3.8, 4) is 0 Å². The topological polar surface area (TPSA) is 74.6 Å². The summed E-state index contributed by atoms with van der Waals surface area (Å²) in [6, 6.07) is 0. The van der Waals surface area contributed by atoms with Crippen LogP contribution in [-0.2, 0) is 9.59 Å². The van der Waals surface area contributed by atoms with Gasteiger partial charge in [0.25, 0.3) is 0 Å². The summed E-state index contributed by atoms with van der Waals surface area (Å²) in [7, 11) is 0. The first-order valence-electron chi connectivity index (χ1n) is 8.05. The third-order valence-corrected chi connectivity index (χ3v) is 3.69. The summed E-state index contributed by atoms with van der Waals surface area (Å²) in [4.78, 5) is 21.3. The van der Waals surface area contributed by atoms with Crippen LogP contribution in [0, 0.1) is 5.92 Å². The minimum atomic E-state index is -1.23. The van der Waals surface area contributed by atoms with Crippen molar-refractivity contribution in [1.29, 1.82) is 0 Å². The van der Waals surface area contributed by atoms with Crippen LogP contribution in [0.15, 0.2) is 0 Å². The quantitative estimate of drug-likeness (QED) is 0.365. The summed E-state index contributed by atoms with van der Waals surface area (Å²) in [5.74, 6) is -3.66. The Morgan fingerprint density at radius 1 is 0.700 bits per heavy atom. The molecule has 0 spiro atoms. The van der Waals surface area contributed by atoms with Gasteiger partial charge in [-0.2, -0.15) is 0 Å². The Balaban J connectivity index is 3.32. The summed E-state index contributed by atoms with van der Waals surface area (Å²) in [6.07, 6.45) is 13.3. The number of aliphatic carboxylic acids is 2. The predicted molar refractivity (Wildman–Crippen MR) is 79.8 cm³/mol. The SMILES string of the molecule is CCCCCCCCCCCCCC(C(=O)O)C(=O)O. The molecule has 20 heavy (non-hydrogen) atoms. The van der Waals surface area contributed by atoms with E-state index in [9.17, 15) is 9.59 Å². The van der Waals surface area contributed by atoms with Crippen LogP contribution in [0.4, 0.5) is 0 Å². The molecule has 0 aromatic heterocycles. The van der Waals surface area contributed by atoms with Crippen molar-refractivity contribution < 1.29 is 19.8 Å². The monoisotopic (exact) mass is 286 g/mol. The van der Waals surface area contributed by atoms with E-state index in [0.29, 0.717) is 6.42 Å². The van der Waals surface area contributed by atoms with Crippen LogP contribution in [-0.4, -0.2) is 22.2 Å². The van der Waals surface area contributed by atoms with Crippen molar-refractivity contribution in [1.82, 2.24) is 0 Å². The molecule has 0 atom stereocenters. The van der Waals surface area contributed by atoms with Gasteiger partial charge in [-0.15, -0.1) is 0 Å². The molecule has 0 aromatic carbocycles. The predicted octanol–water partition coefficient (Wildman–Crippen LogP) is 4.47. The van der Waals surface area contributed by atoms with Crippen molar-refractivity contribution in [2.75, 3.05) is 0 Å². The van der Waals surface area contributed by atoms with Crippen LogP contribution in [0.5, 0.6) is 0 Å². The highest BCUT2D eigenvalue weighted by atomic mass is 16.4. The van der Waals surface area contributed by atoms with Crippen molar-refractivity contribution in [2.45, 2.75) is 84.0 Å². The van der Waals surface area contributed by atoms with Crippen LogP contribution in [0.3, 0.4) is 0 Å². The van der Waals surface area contributed by atoms with Gasteiger partial charge in [0.05, 0.1) is 0 Å². The third-order valence-electron chi connectivity index (χ3n) is 3.69. The molecule has 0 heterocycles.